The number of aromatic nitrogens is 5. The van der Waals surface area contributed by atoms with E-state index in [2.05, 4.69) is 32.2 Å². The van der Waals surface area contributed by atoms with Crippen LogP contribution in [0.15, 0.2) is 22.2 Å². The standard InChI is InChI=1S/C20H27N9O2/c1-11-6-4-5-7-14(11)29-9-12(17-16(19(29)30)18(21)25-24-17)13-8-15(28(3)26-13)20(2,31)10-23-27-22/h8-9,11,14,31H,4-7,10H2,1-3H3,(H3,21,24,25). The number of nitrogen functional groups attached to an aromatic ring is 1. The number of aromatic amines is 1. The molecular weight excluding hydrogens is 398 g/mol. The van der Waals surface area contributed by atoms with Crippen LogP contribution in [0.5, 0.6) is 0 Å². The highest BCUT2D eigenvalue weighted by Crippen LogP contribution is 2.36. The summed E-state index contributed by atoms with van der Waals surface area (Å²) >= 11 is 0. The molecule has 0 saturated heterocycles. The van der Waals surface area contributed by atoms with Crippen molar-refractivity contribution in [1.82, 2.24) is 24.5 Å². The third-order valence-corrected chi connectivity index (χ3v) is 6.35. The van der Waals surface area contributed by atoms with Gasteiger partial charge in [-0.25, -0.2) is 0 Å². The van der Waals surface area contributed by atoms with Gasteiger partial charge >= 0.3 is 0 Å². The second-order valence-corrected chi connectivity index (χ2v) is 8.64. The molecule has 1 saturated carbocycles. The summed E-state index contributed by atoms with van der Waals surface area (Å²) in [4.78, 5) is 16.0. The quantitative estimate of drug-likeness (QED) is 0.324. The van der Waals surface area contributed by atoms with Crippen LogP contribution in [0.1, 0.15) is 51.3 Å². The van der Waals surface area contributed by atoms with E-state index in [1.165, 1.54) is 6.42 Å². The third-order valence-electron chi connectivity index (χ3n) is 6.35. The average molecular weight is 425 g/mol. The minimum Gasteiger partial charge on any atom is -0.384 e. The van der Waals surface area contributed by atoms with Crippen LogP contribution in [0.25, 0.3) is 32.6 Å². The average Bonchev–Trinajstić information content (AvgIpc) is 3.31. The molecule has 164 valence electrons. The van der Waals surface area contributed by atoms with E-state index in [0.717, 1.165) is 19.3 Å². The fourth-order valence-electron chi connectivity index (χ4n) is 4.66. The molecule has 0 aromatic carbocycles. The van der Waals surface area contributed by atoms with Crippen LogP contribution in [0.2, 0.25) is 0 Å². The van der Waals surface area contributed by atoms with Crippen LogP contribution in [-0.4, -0.2) is 36.2 Å². The predicted octanol–water partition coefficient (Wildman–Crippen LogP) is 2.98. The summed E-state index contributed by atoms with van der Waals surface area (Å²) < 4.78 is 3.33. The Balaban J connectivity index is 1.91. The fraction of sp³-hybridized carbons (Fsp3) is 0.550. The Morgan fingerprint density at radius 1 is 1.45 bits per heavy atom. The fourth-order valence-corrected chi connectivity index (χ4v) is 4.66. The normalized spacial score (nSPS) is 21.0. The lowest BCUT2D eigenvalue weighted by molar-refractivity contribution is 0.0582. The Kier molecular flexibility index (Phi) is 5.24. The summed E-state index contributed by atoms with van der Waals surface area (Å²) in [5.41, 5.74) is 15.4. The van der Waals surface area contributed by atoms with Gasteiger partial charge in [-0.3, -0.25) is 14.6 Å². The first-order chi connectivity index (χ1) is 14.7. The highest BCUT2D eigenvalue weighted by atomic mass is 16.3. The van der Waals surface area contributed by atoms with Crippen LogP contribution in [-0.2, 0) is 12.6 Å². The molecule has 0 aliphatic heterocycles. The topological polar surface area (TPSA) is 164 Å². The van der Waals surface area contributed by atoms with Crippen molar-refractivity contribution < 1.29 is 5.11 Å². The van der Waals surface area contributed by atoms with Crippen LogP contribution >= 0.6 is 0 Å². The molecule has 11 nitrogen and oxygen atoms in total. The Morgan fingerprint density at radius 2 is 2.19 bits per heavy atom. The number of hydrogen-bond donors (Lipinski definition) is 3. The number of hydrogen-bond acceptors (Lipinski definition) is 6. The van der Waals surface area contributed by atoms with Gasteiger partial charge in [0.2, 0.25) is 0 Å². The molecule has 11 heteroatoms. The Bertz CT molecular complexity index is 1230. The molecule has 4 N–H and O–H groups in total. The van der Waals surface area contributed by atoms with E-state index < -0.39 is 5.60 Å². The summed E-state index contributed by atoms with van der Waals surface area (Å²) in [5, 5.41) is 26.2. The molecule has 4 rings (SSSR count). The number of aliphatic hydroxyl groups is 1. The van der Waals surface area contributed by atoms with Gasteiger partial charge in [0.15, 0.2) is 5.82 Å². The van der Waals surface area contributed by atoms with E-state index in [1.807, 2.05) is 6.20 Å². The van der Waals surface area contributed by atoms with Crippen molar-refractivity contribution in [3.8, 4) is 11.3 Å². The molecular formula is C20H27N9O2. The van der Waals surface area contributed by atoms with Crippen LogP contribution in [0.3, 0.4) is 0 Å². The smallest absolute Gasteiger partial charge is 0.264 e. The van der Waals surface area contributed by atoms with Gasteiger partial charge in [-0.1, -0.05) is 24.9 Å². The number of nitrogens with two attached hydrogens (primary N) is 1. The molecule has 3 atom stereocenters. The number of H-pyrrole nitrogens is 1. The molecule has 1 aliphatic rings. The predicted molar refractivity (Wildman–Crippen MR) is 117 cm³/mol. The number of nitrogens with one attached hydrogen (secondary N) is 1. The molecule has 0 amide bonds. The zero-order valence-corrected chi connectivity index (χ0v) is 17.9. The lowest BCUT2D eigenvalue weighted by Crippen LogP contribution is -2.30. The summed E-state index contributed by atoms with van der Waals surface area (Å²) in [6, 6.07) is 1.81. The van der Waals surface area contributed by atoms with Gasteiger partial charge < -0.3 is 15.4 Å². The molecule has 0 spiro atoms. The van der Waals surface area contributed by atoms with Crippen molar-refractivity contribution in [2.75, 3.05) is 12.3 Å². The van der Waals surface area contributed by atoms with Crippen molar-refractivity contribution in [2.45, 2.75) is 51.2 Å². The summed E-state index contributed by atoms with van der Waals surface area (Å²) in [6.45, 7) is 3.61. The number of pyridine rings is 1. The van der Waals surface area contributed by atoms with Gasteiger partial charge in [0.25, 0.3) is 5.56 Å². The first-order valence-corrected chi connectivity index (χ1v) is 10.4. The zero-order chi connectivity index (χ0) is 22.3. The lowest BCUT2D eigenvalue weighted by atomic mass is 9.85. The van der Waals surface area contributed by atoms with Crippen LogP contribution in [0.4, 0.5) is 5.82 Å². The van der Waals surface area contributed by atoms with E-state index in [9.17, 15) is 9.90 Å². The third kappa shape index (κ3) is 3.55. The Labute approximate surface area is 178 Å². The molecule has 0 radical (unpaired) electrons. The van der Waals surface area contributed by atoms with E-state index in [-0.39, 0.29) is 24.0 Å². The van der Waals surface area contributed by atoms with Crippen molar-refractivity contribution in [1.29, 1.82) is 0 Å². The second-order valence-electron chi connectivity index (χ2n) is 8.64. The van der Waals surface area contributed by atoms with E-state index in [0.29, 0.717) is 33.8 Å². The zero-order valence-electron chi connectivity index (χ0n) is 17.9. The minimum atomic E-state index is -1.40. The van der Waals surface area contributed by atoms with Crippen molar-refractivity contribution >= 4 is 16.7 Å². The number of anilines is 1. The molecule has 1 fully saturated rings. The molecule has 3 heterocycles. The van der Waals surface area contributed by atoms with Gasteiger partial charge in [-0.15, -0.1) is 0 Å². The molecule has 3 aromatic rings. The highest BCUT2D eigenvalue weighted by Gasteiger charge is 2.30. The summed E-state index contributed by atoms with van der Waals surface area (Å²) in [5.74, 6) is 0.527. The van der Waals surface area contributed by atoms with E-state index in [1.54, 1.807) is 29.3 Å². The van der Waals surface area contributed by atoms with Crippen LogP contribution in [0, 0.1) is 5.92 Å². The monoisotopic (exact) mass is 425 g/mol. The van der Waals surface area contributed by atoms with Crippen molar-refractivity contribution in [2.24, 2.45) is 18.1 Å². The van der Waals surface area contributed by atoms with Crippen molar-refractivity contribution in [3.05, 3.63) is 38.8 Å². The van der Waals surface area contributed by atoms with Gasteiger partial charge in [-0.05, 0) is 37.3 Å². The van der Waals surface area contributed by atoms with Crippen LogP contribution < -0.4 is 11.3 Å². The first kappa shape index (κ1) is 21.0. The number of azide groups is 1. The highest BCUT2D eigenvalue weighted by molar-refractivity contribution is 5.97. The van der Waals surface area contributed by atoms with Crippen molar-refractivity contribution in [3.63, 3.8) is 0 Å². The van der Waals surface area contributed by atoms with Gasteiger partial charge in [0, 0.05) is 29.8 Å². The van der Waals surface area contributed by atoms with E-state index in [4.69, 9.17) is 11.3 Å². The maximum atomic E-state index is 13.3. The molecule has 1 aliphatic carbocycles. The van der Waals surface area contributed by atoms with Gasteiger partial charge in [0.1, 0.15) is 11.0 Å². The number of rotatable bonds is 5. The number of nitrogens with zero attached hydrogens (tertiary/aromatic N) is 7. The Morgan fingerprint density at radius 3 is 2.90 bits per heavy atom. The first-order valence-electron chi connectivity index (χ1n) is 10.4. The lowest BCUT2D eigenvalue weighted by Gasteiger charge is -2.30. The second kappa shape index (κ2) is 7.75. The Hall–Kier alpha value is -3.30. The maximum Gasteiger partial charge on any atom is 0.264 e. The number of aryl methyl sites for hydroxylation is 1. The van der Waals surface area contributed by atoms with E-state index >= 15 is 0 Å². The minimum absolute atomic E-state index is 0.0787. The summed E-state index contributed by atoms with van der Waals surface area (Å²) in [6.07, 6.45) is 6.06. The summed E-state index contributed by atoms with van der Waals surface area (Å²) in [7, 11) is 1.71. The SMILES string of the molecule is CC1CCCCC1n1cc(-c2cc(C(C)(O)CN=[N+]=[N-])n(C)n2)c2[nH]nc(N)c2c1=O. The molecule has 31 heavy (non-hydrogen) atoms. The maximum absolute atomic E-state index is 13.3. The largest absolute Gasteiger partial charge is 0.384 e. The molecule has 3 aromatic heterocycles. The molecule has 3 unspecified atom stereocenters. The van der Waals surface area contributed by atoms with Gasteiger partial charge in [-0.2, -0.15) is 10.2 Å². The van der Waals surface area contributed by atoms with Gasteiger partial charge in [0.05, 0.1) is 23.4 Å². The number of fused-ring (bicyclic) bond motifs is 1. The molecule has 0 bridgehead atoms.